The van der Waals surface area contributed by atoms with Crippen LogP contribution in [0.1, 0.15) is 18.4 Å². The molecule has 5 nitrogen and oxygen atoms in total. The Morgan fingerprint density at radius 2 is 1.95 bits per heavy atom. The van der Waals surface area contributed by atoms with Crippen LogP contribution in [-0.2, 0) is 11.3 Å². The summed E-state index contributed by atoms with van der Waals surface area (Å²) in [4.78, 5) is 13.6. The molecule has 1 aliphatic heterocycles. The Balaban J connectivity index is 1.79. The van der Waals surface area contributed by atoms with Crippen LogP contribution in [0.15, 0.2) is 24.3 Å². The summed E-state index contributed by atoms with van der Waals surface area (Å²) >= 11 is 0. The van der Waals surface area contributed by atoms with Gasteiger partial charge in [-0.15, -0.1) is 0 Å². The van der Waals surface area contributed by atoms with Gasteiger partial charge in [0, 0.05) is 19.6 Å². The van der Waals surface area contributed by atoms with Gasteiger partial charge in [0.15, 0.2) is 6.61 Å². The van der Waals surface area contributed by atoms with Crippen molar-refractivity contribution in [3.8, 4) is 5.75 Å². The molecule has 0 atom stereocenters. The molecular weight excluding hydrogens is 244 g/mol. The third-order valence-corrected chi connectivity index (χ3v) is 3.34. The Labute approximate surface area is 113 Å². The van der Waals surface area contributed by atoms with E-state index < -0.39 is 0 Å². The highest BCUT2D eigenvalue weighted by Gasteiger charge is 2.21. The number of carbonyl (C=O) groups is 1. The fourth-order valence-corrected chi connectivity index (χ4v) is 2.07. The minimum atomic E-state index is -0.270. The van der Waals surface area contributed by atoms with Crippen LogP contribution < -0.4 is 10.5 Å². The molecule has 0 unspecified atom stereocenters. The first kappa shape index (κ1) is 13.8. The molecule has 104 valence electrons. The van der Waals surface area contributed by atoms with Crippen molar-refractivity contribution in [2.75, 3.05) is 19.7 Å². The number of likely N-dealkylation sites (tertiary alicyclic amines) is 1. The van der Waals surface area contributed by atoms with Crippen molar-refractivity contribution in [1.29, 1.82) is 0 Å². The number of ether oxygens (including phenoxy) is 1. The molecule has 5 heteroatoms. The van der Waals surface area contributed by atoms with Crippen molar-refractivity contribution in [3.63, 3.8) is 0 Å². The first-order valence-electron chi connectivity index (χ1n) is 6.56. The Bertz CT molecular complexity index is 411. The Kier molecular flexibility index (Phi) is 4.76. The van der Waals surface area contributed by atoms with Gasteiger partial charge in [0.1, 0.15) is 5.75 Å². The molecule has 0 saturated carbocycles. The second kappa shape index (κ2) is 6.54. The van der Waals surface area contributed by atoms with E-state index in [0.29, 0.717) is 38.2 Å². The van der Waals surface area contributed by atoms with Crippen LogP contribution in [0, 0.1) is 0 Å². The number of piperidine rings is 1. The second-order valence-corrected chi connectivity index (χ2v) is 4.75. The van der Waals surface area contributed by atoms with Gasteiger partial charge in [-0.3, -0.25) is 4.79 Å². The van der Waals surface area contributed by atoms with E-state index in [0.717, 1.165) is 5.56 Å². The largest absolute Gasteiger partial charge is 0.484 e. The summed E-state index contributed by atoms with van der Waals surface area (Å²) in [6.45, 7) is 1.75. The molecule has 1 heterocycles. The van der Waals surface area contributed by atoms with E-state index in [-0.39, 0.29) is 18.6 Å². The topological polar surface area (TPSA) is 75.8 Å². The lowest BCUT2D eigenvalue weighted by molar-refractivity contribution is -0.135. The molecule has 1 fully saturated rings. The third-order valence-electron chi connectivity index (χ3n) is 3.34. The summed E-state index contributed by atoms with van der Waals surface area (Å²) in [7, 11) is 0. The number of amides is 1. The number of nitrogens with zero attached hydrogens (tertiary/aromatic N) is 1. The number of benzene rings is 1. The summed E-state index contributed by atoms with van der Waals surface area (Å²) in [5, 5.41) is 9.39. The van der Waals surface area contributed by atoms with Crippen LogP contribution in [0.4, 0.5) is 0 Å². The van der Waals surface area contributed by atoms with Crippen molar-refractivity contribution in [2.45, 2.75) is 25.5 Å². The van der Waals surface area contributed by atoms with Crippen LogP contribution in [-0.4, -0.2) is 41.7 Å². The third kappa shape index (κ3) is 3.94. The molecule has 2 rings (SSSR count). The van der Waals surface area contributed by atoms with Gasteiger partial charge >= 0.3 is 0 Å². The fourth-order valence-electron chi connectivity index (χ4n) is 2.07. The number of nitrogens with two attached hydrogens (primary N) is 1. The summed E-state index contributed by atoms with van der Waals surface area (Å²) in [5.41, 5.74) is 6.54. The summed E-state index contributed by atoms with van der Waals surface area (Å²) in [6, 6.07) is 7.40. The van der Waals surface area contributed by atoms with Gasteiger partial charge in [-0.2, -0.15) is 0 Å². The Morgan fingerprint density at radius 1 is 1.32 bits per heavy atom. The van der Waals surface area contributed by atoms with Crippen LogP contribution >= 0.6 is 0 Å². The van der Waals surface area contributed by atoms with E-state index >= 15 is 0 Å². The van der Waals surface area contributed by atoms with E-state index in [1.54, 1.807) is 4.90 Å². The monoisotopic (exact) mass is 264 g/mol. The zero-order valence-electron chi connectivity index (χ0n) is 10.9. The van der Waals surface area contributed by atoms with Crippen LogP contribution in [0.2, 0.25) is 0 Å². The molecule has 3 N–H and O–H groups in total. The Morgan fingerprint density at radius 3 is 2.53 bits per heavy atom. The lowest BCUT2D eigenvalue weighted by atomic mass is 10.1. The fraction of sp³-hybridized carbons (Fsp3) is 0.500. The summed E-state index contributed by atoms with van der Waals surface area (Å²) in [5.74, 6) is 0.636. The first-order valence-corrected chi connectivity index (χ1v) is 6.56. The molecule has 19 heavy (non-hydrogen) atoms. The van der Waals surface area contributed by atoms with Gasteiger partial charge in [0.2, 0.25) is 0 Å². The molecule has 1 aliphatic rings. The minimum absolute atomic E-state index is 0.0326. The van der Waals surface area contributed by atoms with Gasteiger partial charge in [0.05, 0.1) is 6.10 Å². The number of hydrogen-bond acceptors (Lipinski definition) is 4. The molecule has 0 bridgehead atoms. The highest BCUT2D eigenvalue weighted by molar-refractivity contribution is 5.77. The predicted octanol–water partition coefficient (Wildman–Crippen LogP) is 0.507. The van der Waals surface area contributed by atoms with Gasteiger partial charge in [-0.1, -0.05) is 12.1 Å². The zero-order chi connectivity index (χ0) is 13.7. The van der Waals surface area contributed by atoms with E-state index in [2.05, 4.69) is 0 Å². The van der Waals surface area contributed by atoms with E-state index in [1.165, 1.54) is 0 Å². The quantitative estimate of drug-likeness (QED) is 0.830. The first-order chi connectivity index (χ1) is 9.19. The predicted molar refractivity (Wildman–Crippen MR) is 71.6 cm³/mol. The lowest BCUT2D eigenvalue weighted by Crippen LogP contribution is -2.42. The standard InChI is InChI=1S/C14H20N2O3/c15-9-11-1-3-13(4-2-11)19-10-14(18)16-7-5-12(17)6-8-16/h1-4,12,17H,5-10,15H2. The maximum Gasteiger partial charge on any atom is 0.260 e. The van der Waals surface area contributed by atoms with E-state index in [4.69, 9.17) is 10.5 Å². The van der Waals surface area contributed by atoms with Crippen molar-refractivity contribution < 1.29 is 14.6 Å². The molecule has 1 aromatic rings. The number of hydrogen-bond donors (Lipinski definition) is 2. The maximum absolute atomic E-state index is 11.9. The van der Waals surface area contributed by atoms with Crippen molar-refractivity contribution in [3.05, 3.63) is 29.8 Å². The normalized spacial score (nSPS) is 16.4. The number of rotatable bonds is 4. The van der Waals surface area contributed by atoms with Gasteiger partial charge in [-0.25, -0.2) is 0 Å². The summed E-state index contributed by atoms with van der Waals surface area (Å²) in [6.07, 6.45) is 1.03. The lowest BCUT2D eigenvalue weighted by Gasteiger charge is -2.29. The van der Waals surface area contributed by atoms with E-state index in [9.17, 15) is 9.90 Å². The van der Waals surface area contributed by atoms with Gasteiger partial charge in [0.25, 0.3) is 5.91 Å². The molecule has 0 aliphatic carbocycles. The molecule has 1 aromatic carbocycles. The smallest absolute Gasteiger partial charge is 0.260 e. The SMILES string of the molecule is NCc1ccc(OCC(=O)N2CCC(O)CC2)cc1. The Hall–Kier alpha value is -1.59. The van der Waals surface area contributed by atoms with Crippen molar-refractivity contribution in [1.82, 2.24) is 4.90 Å². The molecule has 0 radical (unpaired) electrons. The van der Waals surface area contributed by atoms with Gasteiger partial charge in [-0.05, 0) is 30.5 Å². The number of carbonyl (C=O) groups excluding carboxylic acids is 1. The maximum atomic E-state index is 11.9. The van der Waals surface area contributed by atoms with Crippen LogP contribution in [0.3, 0.4) is 0 Å². The van der Waals surface area contributed by atoms with Crippen molar-refractivity contribution >= 4 is 5.91 Å². The average molecular weight is 264 g/mol. The molecule has 1 saturated heterocycles. The van der Waals surface area contributed by atoms with Crippen molar-refractivity contribution in [2.24, 2.45) is 5.73 Å². The average Bonchev–Trinajstić information content (AvgIpc) is 2.46. The number of aliphatic hydroxyl groups excluding tert-OH is 1. The van der Waals surface area contributed by atoms with Crippen LogP contribution in [0.5, 0.6) is 5.75 Å². The molecule has 0 spiro atoms. The number of aliphatic hydroxyl groups is 1. The summed E-state index contributed by atoms with van der Waals surface area (Å²) < 4.78 is 5.45. The second-order valence-electron chi connectivity index (χ2n) is 4.75. The van der Waals surface area contributed by atoms with Crippen LogP contribution in [0.25, 0.3) is 0 Å². The molecular formula is C14H20N2O3. The highest BCUT2D eigenvalue weighted by atomic mass is 16.5. The van der Waals surface area contributed by atoms with Gasteiger partial charge < -0.3 is 20.5 Å². The van der Waals surface area contributed by atoms with E-state index in [1.807, 2.05) is 24.3 Å². The minimum Gasteiger partial charge on any atom is -0.484 e. The highest BCUT2D eigenvalue weighted by Crippen LogP contribution is 2.13. The zero-order valence-corrected chi connectivity index (χ0v) is 10.9. The molecule has 0 aromatic heterocycles. The molecule has 1 amide bonds.